The fraction of sp³-hybridized carbons (Fsp3) is 0.435. The third-order valence-electron chi connectivity index (χ3n) is 11.3. The van der Waals surface area contributed by atoms with E-state index in [9.17, 15) is 38.4 Å². The van der Waals surface area contributed by atoms with E-state index in [-0.39, 0.29) is 62.5 Å². The van der Waals surface area contributed by atoms with Crippen molar-refractivity contribution in [3.05, 3.63) is 90.1 Å². The number of carbonyl (C=O) groups excluding carboxylic acids is 8. The number of carbonyl (C=O) groups is 8. The predicted octanol–water partition coefficient (Wildman–Crippen LogP) is -0.334. The highest BCUT2D eigenvalue weighted by Gasteiger charge is 2.35. The van der Waals surface area contributed by atoms with Crippen LogP contribution in [0.4, 0.5) is 0 Å². The summed E-state index contributed by atoms with van der Waals surface area (Å²) in [6, 6.07) is 7.33. The van der Waals surface area contributed by atoms with Crippen LogP contribution >= 0.6 is 21.6 Å². The first kappa shape index (κ1) is 53.9. The summed E-state index contributed by atoms with van der Waals surface area (Å²) in [6.45, 7) is 3.35. The highest BCUT2D eigenvalue weighted by Crippen LogP contribution is 2.24. The van der Waals surface area contributed by atoms with Gasteiger partial charge in [-0.1, -0.05) is 89.9 Å². The molecule has 5 rings (SSSR count). The van der Waals surface area contributed by atoms with Gasteiger partial charge in [-0.3, -0.25) is 43.8 Å². The molecule has 1 aliphatic heterocycles. The molecule has 3 heterocycles. The summed E-state index contributed by atoms with van der Waals surface area (Å²) in [5.41, 5.74) is 13.9. The molecule has 2 aromatic carbocycles. The monoisotopic (exact) mass is 1000 g/mol. The number of primary amides is 1. The first-order valence-electron chi connectivity index (χ1n) is 22.9. The topological polar surface area (TPSA) is 353 Å². The lowest BCUT2D eigenvalue weighted by atomic mass is 10.0. The van der Waals surface area contributed by atoms with Crippen molar-refractivity contribution in [3.8, 4) is 0 Å². The quantitative estimate of drug-likeness (QED) is 0.0248. The Labute approximate surface area is 412 Å². The predicted molar refractivity (Wildman–Crippen MR) is 266 cm³/mol. The molecule has 4 aromatic rings. The molecule has 0 spiro atoms. The second-order valence-corrected chi connectivity index (χ2v) is 19.3. The van der Waals surface area contributed by atoms with Crippen LogP contribution in [0.3, 0.4) is 0 Å². The molecule has 0 unspecified atom stereocenters. The van der Waals surface area contributed by atoms with Crippen molar-refractivity contribution in [1.29, 1.82) is 5.41 Å². The fourth-order valence-electron chi connectivity index (χ4n) is 7.58. The number of guanidine groups is 1. The summed E-state index contributed by atoms with van der Waals surface area (Å²) >= 11 is 0. The first-order chi connectivity index (χ1) is 33.6. The largest absolute Gasteiger partial charge is 0.370 e. The standard InChI is InChI=1S/C46H62N14O8S2/c1-3-4-14-32(54-26(2)61)40(63)59-38-24-70-69-23-37(44(67)56-34(39(47)62)19-28-21-52-31-15-9-8-13-30(28)31)60-41(64)33(16-10-17-51-46(48)49)55-42(65)35(18-27-11-6-5-7-12-27)57-43(66)36(58-45(38)68)20-29-22-50-25-53-29/h5-9,11-13,15,21-22,25,32-38,52H,3-4,10,14,16-20,23-24H2,1-2H3,(H2,47,62)(H,50,53)(H,54,61)(H,55,65)(H,56,67)(H,57,66)(H,58,68)(H,59,63)(H,60,64)(H4,48,49,51)/t32-,33-,34-,35+,36-,37-,38-/m0/s1. The van der Waals surface area contributed by atoms with E-state index in [2.05, 4.69) is 57.5 Å². The fourth-order valence-corrected chi connectivity index (χ4v) is 9.90. The average molecular weight is 1000 g/mol. The van der Waals surface area contributed by atoms with E-state index < -0.39 is 89.6 Å². The minimum atomic E-state index is -1.36. The molecule has 0 saturated carbocycles. The van der Waals surface area contributed by atoms with Gasteiger partial charge in [0.25, 0.3) is 0 Å². The molecule has 0 bridgehead atoms. The van der Waals surface area contributed by atoms with Crippen LogP contribution in [0.1, 0.15) is 62.8 Å². The number of para-hydroxylation sites is 1. The molecule has 0 radical (unpaired) electrons. The number of aromatic nitrogens is 3. The Kier molecular flexibility index (Phi) is 20.9. The van der Waals surface area contributed by atoms with Gasteiger partial charge in [0.05, 0.1) is 12.0 Å². The van der Waals surface area contributed by atoms with E-state index in [1.165, 1.54) is 19.4 Å². The molecule has 1 aliphatic rings. The Bertz CT molecular complexity index is 2440. The van der Waals surface area contributed by atoms with Crippen molar-refractivity contribution in [2.75, 3.05) is 18.1 Å². The van der Waals surface area contributed by atoms with Gasteiger partial charge in [-0.25, -0.2) is 4.98 Å². The number of hydrogen-bond donors (Lipinski definition) is 13. The van der Waals surface area contributed by atoms with Gasteiger partial charge in [-0.2, -0.15) is 0 Å². The second kappa shape index (κ2) is 27.2. The smallest absolute Gasteiger partial charge is 0.244 e. The number of nitrogens with zero attached hydrogens (tertiary/aromatic N) is 1. The lowest BCUT2D eigenvalue weighted by molar-refractivity contribution is -0.135. The van der Waals surface area contributed by atoms with Crippen molar-refractivity contribution < 1.29 is 38.4 Å². The number of aromatic amines is 2. The number of fused-ring (bicyclic) bond motifs is 1. The number of amides is 8. The summed E-state index contributed by atoms with van der Waals surface area (Å²) in [4.78, 5) is 121. The summed E-state index contributed by atoms with van der Waals surface area (Å²) in [6.07, 6.45) is 6.28. The van der Waals surface area contributed by atoms with Crippen molar-refractivity contribution in [1.82, 2.24) is 57.5 Å². The van der Waals surface area contributed by atoms with Crippen molar-refractivity contribution in [2.24, 2.45) is 11.5 Å². The van der Waals surface area contributed by atoms with Gasteiger partial charge < -0.3 is 64.0 Å². The minimum absolute atomic E-state index is 0.0124. The van der Waals surface area contributed by atoms with Gasteiger partial charge in [0.15, 0.2) is 5.96 Å². The molecule has 24 heteroatoms. The van der Waals surface area contributed by atoms with Crippen molar-refractivity contribution >= 4 is 85.7 Å². The Morgan fingerprint density at radius 1 is 0.800 bits per heavy atom. The number of H-pyrrole nitrogens is 2. The number of hydrogen-bond acceptors (Lipinski definition) is 12. The van der Waals surface area contributed by atoms with Crippen LogP contribution in [-0.2, 0) is 57.6 Å². The van der Waals surface area contributed by atoms with Gasteiger partial charge in [-0.05, 0) is 36.5 Å². The molecule has 22 nitrogen and oxygen atoms in total. The number of imidazole rings is 1. The summed E-state index contributed by atoms with van der Waals surface area (Å²) in [7, 11) is 2.14. The number of rotatable bonds is 19. The molecular weight excluding hydrogens is 941 g/mol. The minimum Gasteiger partial charge on any atom is -0.370 e. The molecule has 8 amide bonds. The molecule has 2 aromatic heterocycles. The number of unbranched alkanes of at least 4 members (excludes halogenated alkanes) is 1. The summed E-state index contributed by atoms with van der Waals surface area (Å²) in [5.74, 6) is -6.40. The first-order valence-corrected chi connectivity index (χ1v) is 25.4. The lowest BCUT2D eigenvalue weighted by Crippen LogP contribution is -2.61. The van der Waals surface area contributed by atoms with E-state index in [4.69, 9.17) is 16.9 Å². The molecule has 7 atom stereocenters. The number of nitrogens with one attached hydrogen (secondary N) is 11. The Hall–Kier alpha value is -7.08. The van der Waals surface area contributed by atoms with Gasteiger partial charge in [0.2, 0.25) is 47.3 Å². The zero-order valence-electron chi connectivity index (χ0n) is 38.9. The van der Waals surface area contributed by atoms with Crippen LogP contribution in [0.2, 0.25) is 0 Å². The maximum atomic E-state index is 14.5. The number of benzene rings is 2. The Morgan fingerprint density at radius 3 is 2.16 bits per heavy atom. The molecule has 1 fully saturated rings. The maximum absolute atomic E-state index is 14.5. The second-order valence-electron chi connectivity index (χ2n) is 16.7. The van der Waals surface area contributed by atoms with Gasteiger partial charge in [0, 0.05) is 67.5 Å². The highest BCUT2D eigenvalue weighted by atomic mass is 33.1. The van der Waals surface area contributed by atoms with Crippen LogP contribution in [0, 0.1) is 5.41 Å². The van der Waals surface area contributed by atoms with E-state index >= 15 is 0 Å². The molecule has 0 aliphatic carbocycles. The van der Waals surface area contributed by atoms with Crippen LogP contribution in [0.15, 0.2) is 73.3 Å². The van der Waals surface area contributed by atoms with Gasteiger partial charge in [0.1, 0.15) is 42.3 Å². The summed E-state index contributed by atoms with van der Waals surface area (Å²) < 4.78 is 0. The molecule has 70 heavy (non-hydrogen) atoms. The Balaban J connectivity index is 1.52. The van der Waals surface area contributed by atoms with Crippen LogP contribution in [0.25, 0.3) is 10.9 Å². The molecular formula is C46H62N14O8S2. The SMILES string of the molecule is CCCC[C@H](NC(C)=O)C(=O)N[C@H]1CSSC[C@@H](C(=O)N[C@@H](Cc2c[nH]c3ccccc23)C(N)=O)NC(=O)[C@H](CCCNC(=N)N)NC(=O)[C@@H](Cc2ccccc2)NC(=O)[C@H](Cc2c[nH]cn2)NC1=O. The summed E-state index contributed by atoms with van der Waals surface area (Å²) in [5, 5.41) is 30.2. The van der Waals surface area contributed by atoms with E-state index in [0.29, 0.717) is 23.2 Å². The van der Waals surface area contributed by atoms with Crippen molar-refractivity contribution in [2.45, 2.75) is 108 Å². The average Bonchev–Trinajstić information content (AvgIpc) is 4.00. The third-order valence-corrected chi connectivity index (χ3v) is 13.7. The van der Waals surface area contributed by atoms with E-state index in [0.717, 1.165) is 38.9 Å². The normalized spacial score (nSPS) is 20.3. The van der Waals surface area contributed by atoms with Crippen LogP contribution in [0.5, 0.6) is 0 Å². The van der Waals surface area contributed by atoms with Gasteiger partial charge >= 0.3 is 0 Å². The zero-order chi connectivity index (χ0) is 50.6. The zero-order valence-corrected chi connectivity index (χ0v) is 40.6. The van der Waals surface area contributed by atoms with Gasteiger partial charge in [-0.15, -0.1) is 0 Å². The van der Waals surface area contributed by atoms with E-state index in [1.54, 1.807) is 36.5 Å². The molecule has 376 valence electrons. The van der Waals surface area contributed by atoms with Crippen molar-refractivity contribution in [3.63, 3.8) is 0 Å². The van der Waals surface area contributed by atoms with E-state index in [1.807, 2.05) is 31.2 Å². The Morgan fingerprint density at radius 2 is 1.47 bits per heavy atom. The van der Waals surface area contributed by atoms with Crippen LogP contribution < -0.4 is 54.0 Å². The molecule has 15 N–H and O–H groups in total. The molecule has 1 saturated heterocycles. The lowest BCUT2D eigenvalue weighted by Gasteiger charge is -2.27. The third kappa shape index (κ3) is 16.9. The van der Waals surface area contributed by atoms with Crippen LogP contribution in [-0.4, -0.2) is 129 Å². The number of nitrogens with two attached hydrogens (primary N) is 2. The maximum Gasteiger partial charge on any atom is 0.244 e. The highest BCUT2D eigenvalue weighted by molar-refractivity contribution is 8.76.